The number of amides is 2. The highest BCUT2D eigenvalue weighted by Crippen LogP contribution is 2.44. The van der Waals surface area contributed by atoms with Crippen molar-refractivity contribution in [3.05, 3.63) is 59.7 Å². The molecule has 8 heteroatoms. The van der Waals surface area contributed by atoms with Crippen LogP contribution in [0.3, 0.4) is 0 Å². The molecule has 0 saturated heterocycles. The van der Waals surface area contributed by atoms with Crippen LogP contribution in [-0.4, -0.2) is 55.5 Å². The number of carbonyl (C=O) groups excluding carboxylic acids is 2. The highest BCUT2D eigenvalue weighted by molar-refractivity contribution is 5.84. The van der Waals surface area contributed by atoms with Gasteiger partial charge in [0.1, 0.15) is 6.61 Å². The van der Waals surface area contributed by atoms with Crippen molar-refractivity contribution >= 4 is 18.0 Å². The molecule has 2 atom stereocenters. The van der Waals surface area contributed by atoms with Gasteiger partial charge in [0.05, 0.1) is 6.10 Å². The summed E-state index contributed by atoms with van der Waals surface area (Å²) in [7, 11) is 1.41. The SMILES string of the molecule is COC(C)C(NC(=O)CC1CC(CNC(=O)OCC2c3ccccc3-c3ccccc32)C1)C(=O)O. The fourth-order valence-corrected chi connectivity index (χ4v) is 5.09. The fraction of sp³-hybridized carbons (Fsp3) is 0.444. The summed E-state index contributed by atoms with van der Waals surface area (Å²) in [6.07, 6.45) is 0.809. The number of fused-ring (bicyclic) bond motifs is 3. The zero-order chi connectivity index (χ0) is 24.9. The van der Waals surface area contributed by atoms with E-state index < -0.39 is 24.2 Å². The lowest BCUT2D eigenvalue weighted by atomic mass is 9.73. The van der Waals surface area contributed by atoms with Crippen LogP contribution >= 0.6 is 0 Å². The minimum Gasteiger partial charge on any atom is -0.480 e. The van der Waals surface area contributed by atoms with Crippen molar-refractivity contribution in [2.45, 2.75) is 44.2 Å². The Morgan fingerprint density at radius 1 is 1.00 bits per heavy atom. The molecule has 186 valence electrons. The Hall–Kier alpha value is -3.39. The molecular weight excluding hydrogens is 448 g/mol. The van der Waals surface area contributed by atoms with Gasteiger partial charge in [0, 0.05) is 26.0 Å². The third-order valence-electron chi connectivity index (χ3n) is 7.11. The van der Waals surface area contributed by atoms with Crippen LogP contribution in [0.25, 0.3) is 11.1 Å². The van der Waals surface area contributed by atoms with Gasteiger partial charge in [-0.2, -0.15) is 0 Å². The van der Waals surface area contributed by atoms with Crippen molar-refractivity contribution in [2.24, 2.45) is 11.8 Å². The summed E-state index contributed by atoms with van der Waals surface area (Å²) in [5.41, 5.74) is 4.72. The van der Waals surface area contributed by atoms with Gasteiger partial charge >= 0.3 is 12.1 Å². The quantitative estimate of drug-likeness (QED) is 0.479. The van der Waals surface area contributed by atoms with Crippen molar-refractivity contribution in [2.75, 3.05) is 20.3 Å². The average molecular weight is 481 g/mol. The summed E-state index contributed by atoms with van der Waals surface area (Å²) in [6.45, 7) is 2.37. The predicted molar refractivity (Wildman–Crippen MR) is 130 cm³/mol. The zero-order valence-electron chi connectivity index (χ0n) is 20.0. The highest BCUT2D eigenvalue weighted by Gasteiger charge is 2.33. The van der Waals surface area contributed by atoms with Gasteiger partial charge in [-0.15, -0.1) is 0 Å². The Bertz CT molecular complexity index is 1040. The molecule has 0 spiro atoms. The molecule has 2 amide bonds. The van der Waals surface area contributed by atoms with Gasteiger partial charge in [0.2, 0.25) is 5.91 Å². The number of benzene rings is 2. The number of hydrogen-bond donors (Lipinski definition) is 3. The summed E-state index contributed by atoms with van der Waals surface area (Å²) in [5, 5.41) is 14.6. The lowest BCUT2D eigenvalue weighted by Gasteiger charge is -2.35. The molecule has 1 saturated carbocycles. The van der Waals surface area contributed by atoms with E-state index in [4.69, 9.17) is 9.47 Å². The first-order valence-corrected chi connectivity index (χ1v) is 12.0. The third kappa shape index (κ3) is 5.65. The normalized spacial score (nSPS) is 20.1. The van der Waals surface area contributed by atoms with E-state index in [2.05, 4.69) is 34.9 Å². The molecule has 0 aliphatic heterocycles. The van der Waals surface area contributed by atoms with Crippen molar-refractivity contribution in [1.29, 1.82) is 0 Å². The molecule has 0 bridgehead atoms. The van der Waals surface area contributed by atoms with Gasteiger partial charge in [-0.05, 0) is 53.9 Å². The Balaban J connectivity index is 1.18. The topological polar surface area (TPSA) is 114 Å². The van der Waals surface area contributed by atoms with Crippen LogP contribution in [0.15, 0.2) is 48.5 Å². The number of hydrogen-bond acceptors (Lipinski definition) is 5. The Morgan fingerprint density at radius 3 is 2.17 bits per heavy atom. The number of methoxy groups -OCH3 is 1. The smallest absolute Gasteiger partial charge is 0.407 e. The number of aliphatic carboxylic acids is 1. The standard InChI is InChI=1S/C27H32N2O6/c1-16(34-2)25(26(31)32)29-24(30)13-17-11-18(12-17)14-28-27(33)35-15-23-21-9-5-3-7-19(21)20-8-4-6-10-22(20)23/h3-10,16-18,23,25H,11-15H2,1-2H3,(H,28,33)(H,29,30)(H,31,32). The molecule has 0 aromatic heterocycles. The number of carboxylic acids is 1. The fourth-order valence-electron chi connectivity index (χ4n) is 5.09. The van der Waals surface area contributed by atoms with Gasteiger partial charge in [-0.25, -0.2) is 9.59 Å². The number of carboxylic acid groups (broad SMARTS) is 1. The molecule has 0 radical (unpaired) electrons. The number of alkyl carbamates (subject to hydrolysis) is 1. The molecule has 3 N–H and O–H groups in total. The monoisotopic (exact) mass is 480 g/mol. The van der Waals surface area contributed by atoms with Crippen LogP contribution in [0.5, 0.6) is 0 Å². The van der Waals surface area contributed by atoms with Crippen LogP contribution in [0.4, 0.5) is 4.79 Å². The van der Waals surface area contributed by atoms with E-state index in [0.717, 1.165) is 12.8 Å². The second-order valence-electron chi connectivity index (χ2n) is 9.44. The number of rotatable bonds is 10. The molecule has 2 unspecified atom stereocenters. The summed E-state index contributed by atoms with van der Waals surface area (Å²) in [5.74, 6) is -0.936. The van der Waals surface area contributed by atoms with Gasteiger partial charge in [0.25, 0.3) is 0 Å². The van der Waals surface area contributed by atoms with E-state index in [1.807, 2.05) is 24.3 Å². The molecule has 2 aromatic rings. The summed E-state index contributed by atoms with van der Waals surface area (Å²) >= 11 is 0. The van der Waals surface area contributed by atoms with Crippen LogP contribution in [0.2, 0.25) is 0 Å². The second kappa shape index (κ2) is 10.9. The van der Waals surface area contributed by atoms with E-state index in [1.165, 1.54) is 29.4 Å². The minimum atomic E-state index is -1.12. The van der Waals surface area contributed by atoms with Crippen LogP contribution < -0.4 is 10.6 Å². The largest absolute Gasteiger partial charge is 0.480 e. The Morgan fingerprint density at radius 2 is 1.60 bits per heavy atom. The molecule has 0 heterocycles. The maximum absolute atomic E-state index is 12.3. The molecule has 8 nitrogen and oxygen atoms in total. The first kappa shape index (κ1) is 24.7. The van der Waals surface area contributed by atoms with Gasteiger partial charge < -0.3 is 25.2 Å². The first-order chi connectivity index (χ1) is 16.9. The number of ether oxygens (including phenoxy) is 2. The van der Waals surface area contributed by atoms with E-state index in [0.29, 0.717) is 6.54 Å². The molecule has 4 rings (SSSR count). The minimum absolute atomic E-state index is 0.0233. The van der Waals surface area contributed by atoms with Gasteiger partial charge in [0.15, 0.2) is 6.04 Å². The number of carbonyl (C=O) groups is 3. The summed E-state index contributed by atoms with van der Waals surface area (Å²) in [4.78, 5) is 35.9. The summed E-state index contributed by atoms with van der Waals surface area (Å²) in [6, 6.07) is 15.3. The maximum atomic E-state index is 12.3. The molecule has 2 aliphatic carbocycles. The van der Waals surface area contributed by atoms with Crippen molar-refractivity contribution < 1.29 is 29.0 Å². The Kier molecular flexibility index (Phi) is 7.70. The van der Waals surface area contributed by atoms with Crippen LogP contribution in [-0.2, 0) is 19.1 Å². The second-order valence-corrected chi connectivity index (χ2v) is 9.44. The van der Waals surface area contributed by atoms with Gasteiger partial charge in [-0.3, -0.25) is 4.79 Å². The summed E-state index contributed by atoms with van der Waals surface area (Å²) < 4.78 is 10.6. The lowest BCUT2D eigenvalue weighted by molar-refractivity contribution is -0.145. The average Bonchev–Trinajstić information content (AvgIpc) is 3.15. The van der Waals surface area contributed by atoms with Gasteiger partial charge in [-0.1, -0.05) is 48.5 Å². The Labute approximate surface area is 205 Å². The van der Waals surface area contributed by atoms with E-state index in [-0.39, 0.29) is 36.7 Å². The first-order valence-electron chi connectivity index (χ1n) is 12.0. The zero-order valence-corrected chi connectivity index (χ0v) is 20.0. The maximum Gasteiger partial charge on any atom is 0.407 e. The molecular formula is C27H32N2O6. The van der Waals surface area contributed by atoms with E-state index in [1.54, 1.807) is 6.92 Å². The molecule has 2 aliphatic rings. The predicted octanol–water partition coefficient (Wildman–Crippen LogP) is 3.55. The third-order valence-corrected chi connectivity index (χ3v) is 7.11. The number of nitrogens with one attached hydrogen (secondary N) is 2. The van der Waals surface area contributed by atoms with Crippen LogP contribution in [0, 0.1) is 11.8 Å². The molecule has 1 fully saturated rings. The highest BCUT2D eigenvalue weighted by atomic mass is 16.5. The van der Waals surface area contributed by atoms with Crippen molar-refractivity contribution in [1.82, 2.24) is 10.6 Å². The molecule has 2 aromatic carbocycles. The van der Waals surface area contributed by atoms with Crippen molar-refractivity contribution in [3.63, 3.8) is 0 Å². The van der Waals surface area contributed by atoms with Crippen molar-refractivity contribution in [3.8, 4) is 11.1 Å². The van der Waals surface area contributed by atoms with E-state index in [9.17, 15) is 19.5 Å². The van der Waals surface area contributed by atoms with Crippen LogP contribution in [0.1, 0.15) is 43.2 Å². The van der Waals surface area contributed by atoms with E-state index >= 15 is 0 Å². The lowest BCUT2D eigenvalue weighted by Crippen LogP contribution is -2.49. The molecule has 35 heavy (non-hydrogen) atoms.